The van der Waals surface area contributed by atoms with Gasteiger partial charge in [0.15, 0.2) is 11.7 Å². The molecule has 3 N–H and O–H groups in total. The molecule has 0 aromatic heterocycles. The number of carbonyl (C=O) groups excluding carboxylic acids is 2. The van der Waals surface area contributed by atoms with E-state index in [0.717, 1.165) is 28.2 Å². The average molecular weight is 481 g/mol. The highest BCUT2D eigenvalue weighted by Crippen LogP contribution is 2.27. The molecule has 0 aliphatic heterocycles. The molecule has 0 aliphatic rings. The van der Waals surface area contributed by atoms with Crippen molar-refractivity contribution in [3.63, 3.8) is 0 Å². The summed E-state index contributed by atoms with van der Waals surface area (Å²) in [5.74, 6) is -0.0576. The van der Waals surface area contributed by atoms with Crippen LogP contribution in [0.1, 0.15) is 32.6 Å². The summed E-state index contributed by atoms with van der Waals surface area (Å²) < 4.78 is 7.01. The third kappa shape index (κ3) is 8.60. The number of nitrogens with one attached hydrogen (secondary N) is 3. The van der Waals surface area contributed by atoms with E-state index in [1.54, 1.807) is 12.1 Å². The fourth-order valence-electron chi connectivity index (χ4n) is 1.65. The van der Waals surface area contributed by atoms with Crippen LogP contribution in [-0.4, -0.2) is 23.5 Å². The highest BCUT2D eigenvalue weighted by Gasteiger charge is 2.08. The van der Waals surface area contributed by atoms with Gasteiger partial charge in [0.1, 0.15) is 5.75 Å². The number of ether oxygens (including phenoxy) is 1. The molecule has 9 heteroatoms. The van der Waals surface area contributed by atoms with Gasteiger partial charge in [-0.2, -0.15) is 0 Å². The van der Waals surface area contributed by atoms with E-state index in [2.05, 4.69) is 55.0 Å². The predicted octanol–water partition coefficient (Wildman–Crippen LogP) is 3.19. The number of amides is 2. The molecular formula is C15H19Br2N3O3S. The molecule has 1 aromatic rings. The lowest BCUT2D eigenvalue weighted by atomic mass is 10.2. The highest BCUT2D eigenvalue weighted by atomic mass is 79.9. The van der Waals surface area contributed by atoms with Gasteiger partial charge in [0.25, 0.3) is 5.91 Å². The van der Waals surface area contributed by atoms with Crippen molar-refractivity contribution >= 4 is 61.0 Å². The van der Waals surface area contributed by atoms with Crippen LogP contribution in [0, 0.1) is 0 Å². The van der Waals surface area contributed by atoms with Gasteiger partial charge in [-0.05, 0) is 52.8 Å². The van der Waals surface area contributed by atoms with Crippen LogP contribution < -0.4 is 20.9 Å². The third-order valence-electron chi connectivity index (χ3n) is 2.83. The number of thiocarbonyl (C=S) groups is 1. The molecule has 1 aromatic carbocycles. The molecule has 6 nitrogen and oxygen atoms in total. The number of halogens is 2. The lowest BCUT2D eigenvalue weighted by Gasteiger charge is -2.12. The van der Waals surface area contributed by atoms with Gasteiger partial charge in [-0.25, -0.2) is 0 Å². The van der Waals surface area contributed by atoms with E-state index < -0.39 is 5.91 Å². The Bertz CT molecular complexity index is 599. The second-order valence-corrected chi connectivity index (χ2v) is 7.05. The Morgan fingerprint density at radius 2 is 1.92 bits per heavy atom. The van der Waals surface area contributed by atoms with Gasteiger partial charge in [-0.15, -0.1) is 0 Å². The Morgan fingerprint density at radius 1 is 1.17 bits per heavy atom. The summed E-state index contributed by atoms with van der Waals surface area (Å²) in [5.41, 5.74) is 4.83. The van der Waals surface area contributed by atoms with Gasteiger partial charge < -0.3 is 10.1 Å². The number of hydrogen-bond donors (Lipinski definition) is 3. The smallest absolute Gasteiger partial charge is 0.276 e. The SMILES string of the molecule is CCCCCC(=O)NC(=S)NNC(=O)COc1ccc(Br)cc1Br. The maximum Gasteiger partial charge on any atom is 0.276 e. The van der Waals surface area contributed by atoms with Crippen molar-refractivity contribution in [2.24, 2.45) is 0 Å². The summed E-state index contributed by atoms with van der Waals surface area (Å²) in [7, 11) is 0. The predicted molar refractivity (Wildman–Crippen MR) is 103 cm³/mol. The quantitative estimate of drug-likeness (QED) is 0.317. The molecule has 0 atom stereocenters. The molecule has 0 saturated carbocycles. The summed E-state index contributed by atoms with van der Waals surface area (Å²) in [4.78, 5) is 23.3. The summed E-state index contributed by atoms with van der Waals surface area (Å²) in [6, 6.07) is 5.35. The number of unbranched alkanes of at least 4 members (excludes halogenated alkanes) is 2. The Balaban J connectivity index is 2.25. The minimum Gasteiger partial charge on any atom is -0.483 e. The zero-order chi connectivity index (χ0) is 17.9. The van der Waals surface area contributed by atoms with E-state index in [1.807, 2.05) is 6.07 Å². The number of hydrazine groups is 1. The first-order chi connectivity index (χ1) is 11.4. The number of rotatable bonds is 7. The fourth-order valence-corrected chi connectivity index (χ4v) is 2.98. The van der Waals surface area contributed by atoms with Crippen molar-refractivity contribution in [2.45, 2.75) is 32.6 Å². The second-order valence-electron chi connectivity index (χ2n) is 4.87. The lowest BCUT2D eigenvalue weighted by Crippen LogP contribution is -2.49. The van der Waals surface area contributed by atoms with Crippen molar-refractivity contribution in [3.8, 4) is 5.75 Å². The first-order valence-electron chi connectivity index (χ1n) is 7.39. The maximum atomic E-state index is 11.7. The Kier molecular flexibility index (Phi) is 9.89. The van der Waals surface area contributed by atoms with Gasteiger partial charge in [-0.1, -0.05) is 35.7 Å². The van der Waals surface area contributed by atoms with Crippen LogP contribution in [0.3, 0.4) is 0 Å². The number of benzene rings is 1. The highest BCUT2D eigenvalue weighted by molar-refractivity contribution is 9.11. The van der Waals surface area contributed by atoms with Crippen molar-refractivity contribution in [2.75, 3.05) is 6.61 Å². The zero-order valence-corrected chi connectivity index (χ0v) is 17.1. The largest absolute Gasteiger partial charge is 0.483 e. The number of hydrogen-bond acceptors (Lipinski definition) is 4. The normalized spacial score (nSPS) is 9.96. The molecule has 0 bridgehead atoms. The third-order valence-corrected chi connectivity index (χ3v) is 4.15. The zero-order valence-electron chi connectivity index (χ0n) is 13.2. The van der Waals surface area contributed by atoms with E-state index in [0.29, 0.717) is 12.2 Å². The van der Waals surface area contributed by atoms with Crippen molar-refractivity contribution < 1.29 is 14.3 Å². The fraction of sp³-hybridized carbons (Fsp3) is 0.400. The standard InChI is InChI=1S/C15H19Br2N3O3S/c1-2-3-4-5-13(21)18-15(24)20-19-14(22)9-23-12-7-6-10(16)8-11(12)17/h6-8H,2-5,9H2,1H3,(H,19,22)(H2,18,20,21,24). The molecule has 0 aliphatic carbocycles. The molecule has 132 valence electrons. The molecular weight excluding hydrogens is 462 g/mol. The van der Waals surface area contributed by atoms with Crippen LogP contribution in [0.4, 0.5) is 0 Å². The molecule has 0 spiro atoms. The van der Waals surface area contributed by atoms with Crippen LogP contribution in [0.15, 0.2) is 27.1 Å². The Labute approximate surface area is 163 Å². The van der Waals surface area contributed by atoms with Gasteiger partial charge >= 0.3 is 0 Å². The maximum absolute atomic E-state index is 11.7. The summed E-state index contributed by atoms with van der Waals surface area (Å²) in [6.07, 6.45) is 3.26. The molecule has 0 heterocycles. The van der Waals surface area contributed by atoms with E-state index in [4.69, 9.17) is 17.0 Å². The van der Waals surface area contributed by atoms with Crippen LogP contribution in [0.2, 0.25) is 0 Å². The van der Waals surface area contributed by atoms with Gasteiger partial charge in [-0.3, -0.25) is 20.4 Å². The lowest BCUT2D eigenvalue weighted by molar-refractivity contribution is -0.124. The summed E-state index contributed by atoms with van der Waals surface area (Å²) in [5, 5.41) is 2.55. The minimum absolute atomic E-state index is 0.0506. The monoisotopic (exact) mass is 479 g/mol. The first kappa shape index (κ1) is 20.9. The van der Waals surface area contributed by atoms with Crippen LogP contribution in [-0.2, 0) is 9.59 Å². The number of carbonyl (C=O) groups is 2. The Hall–Kier alpha value is -1.19. The molecule has 1 rings (SSSR count). The minimum atomic E-state index is -0.424. The van der Waals surface area contributed by atoms with Crippen LogP contribution in [0.25, 0.3) is 0 Å². The van der Waals surface area contributed by atoms with Crippen LogP contribution >= 0.6 is 44.1 Å². The molecule has 24 heavy (non-hydrogen) atoms. The Morgan fingerprint density at radius 3 is 2.58 bits per heavy atom. The molecule has 0 radical (unpaired) electrons. The van der Waals surface area contributed by atoms with E-state index in [-0.39, 0.29) is 17.6 Å². The molecule has 0 unspecified atom stereocenters. The van der Waals surface area contributed by atoms with Crippen LogP contribution in [0.5, 0.6) is 5.75 Å². The molecule has 0 saturated heterocycles. The van der Waals surface area contributed by atoms with Crippen molar-refractivity contribution in [1.82, 2.24) is 16.2 Å². The topological polar surface area (TPSA) is 79.5 Å². The van der Waals surface area contributed by atoms with E-state index in [9.17, 15) is 9.59 Å². The van der Waals surface area contributed by atoms with E-state index in [1.165, 1.54) is 0 Å². The molecule has 0 fully saturated rings. The van der Waals surface area contributed by atoms with E-state index >= 15 is 0 Å². The van der Waals surface area contributed by atoms with Crippen molar-refractivity contribution in [1.29, 1.82) is 0 Å². The summed E-state index contributed by atoms with van der Waals surface area (Å²) in [6.45, 7) is 1.87. The second kappa shape index (κ2) is 11.4. The van der Waals surface area contributed by atoms with Crippen molar-refractivity contribution in [3.05, 3.63) is 27.1 Å². The van der Waals surface area contributed by atoms with Gasteiger partial charge in [0.2, 0.25) is 5.91 Å². The average Bonchev–Trinajstić information content (AvgIpc) is 2.52. The van der Waals surface area contributed by atoms with Gasteiger partial charge in [0.05, 0.1) is 4.47 Å². The first-order valence-corrected chi connectivity index (χ1v) is 9.38. The van der Waals surface area contributed by atoms with Gasteiger partial charge in [0, 0.05) is 10.9 Å². The summed E-state index contributed by atoms with van der Waals surface area (Å²) >= 11 is 11.6. The molecule has 2 amide bonds.